The van der Waals surface area contributed by atoms with E-state index >= 15 is 0 Å². The van der Waals surface area contributed by atoms with Gasteiger partial charge in [-0.15, -0.1) is 0 Å². The molecule has 0 bridgehead atoms. The number of amides is 1. The number of benzene rings is 1. The van der Waals surface area contributed by atoms with Crippen LogP contribution in [0.2, 0.25) is 0 Å². The Labute approximate surface area is 159 Å². The smallest absolute Gasteiger partial charge is 0.271 e. The van der Waals surface area contributed by atoms with Gasteiger partial charge in [0, 0.05) is 42.9 Å². The Bertz CT molecular complexity index is 733. The second-order valence-corrected chi connectivity index (χ2v) is 8.42. The number of thioether (sulfide) groups is 1. The minimum atomic E-state index is -0.0719. The molecule has 5 nitrogen and oxygen atoms in total. The minimum absolute atomic E-state index is 0.0719. The second-order valence-electron chi connectivity index (χ2n) is 7.19. The van der Waals surface area contributed by atoms with E-state index in [1.54, 1.807) is 10.7 Å². The molecule has 6 heteroatoms. The van der Waals surface area contributed by atoms with E-state index in [0.29, 0.717) is 5.69 Å². The number of carbonyl (C=O) groups is 1. The Morgan fingerprint density at radius 1 is 1.12 bits per heavy atom. The van der Waals surface area contributed by atoms with Gasteiger partial charge in [-0.25, -0.2) is 4.68 Å². The van der Waals surface area contributed by atoms with E-state index in [1.807, 2.05) is 48.3 Å². The molecule has 1 N–H and O–H groups in total. The minimum Gasteiger partial charge on any atom is -0.349 e. The highest BCUT2D eigenvalue weighted by atomic mass is 32.2. The van der Waals surface area contributed by atoms with Crippen LogP contribution in [0.3, 0.4) is 0 Å². The summed E-state index contributed by atoms with van der Waals surface area (Å²) in [5.41, 5.74) is 1.60. The van der Waals surface area contributed by atoms with Gasteiger partial charge in [-0.3, -0.25) is 9.69 Å². The first-order valence-corrected chi connectivity index (χ1v) is 10.6. The predicted molar refractivity (Wildman–Crippen MR) is 106 cm³/mol. The van der Waals surface area contributed by atoms with Crippen LogP contribution >= 0.6 is 11.8 Å². The van der Waals surface area contributed by atoms with E-state index in [0.717, 1.165) is 25.3 Å². The zero-order valence-electron chi connectivity index (χ0n) is 15.1. The molecular formula is C20H26N4OS. The largest absolute Gasteiger partial charge is 0.349 e. The van der Waals surface area contributed by atoms with Gasteiger partial charge in [0.15, 0.2) is 5.69 Å². The fourth-order valence-corrected chi connectivity index (χ4v) is 5.08. The summed E-state index contributed by atoms with van der Waals surface area (Å²) in [6.07, 6.45) is 6.76. The number of para-hydroxylation sites is 1. The SMILES string of the molecule is O=C(NCC1(N2CCSCC2)CCCC1)c1ccn(-c2ccccc2)n1. The van der Waals surface area contributed by atoms with Crippen molar-refractivity contribution in [3.63, 3.8) is 0 Å². The van der Waals surface area contributed by atoms with Crippen LogP contribution in [-0.4, -0.2) is 57.3 Å². The Morgan fingerprint density at radius 3 is 2.58 bits per heavy atom. The molecule has 138 valence electrons. The van der Waals surface area contributed by atoms with Gasteiger partial charge in [0.05, 0.1) is 5.69 Å². The van der Waals surface area contributed by atoms with Gasteiger partial charge in [-0.2, -0.15) is 16.9 Å². The molecule has 26 heavy (non-hydrogen) atoms. The van der Waals surface area contributed by atoms with Gasteiger partial charge in [0.1, 0.15) is 0 Å². The molecule has 1 aromatic heterocycles. The van der Waals surface area contributed by atoms with Crippen molar-refractivity contribution in [3.8, 4) is 5.69 Å². The molecule has 2 aromatic rings. The van der Waals surface area contributed by atoms with Crippen LogP contribution in [0, 0.1) is 0 Å². The summed E-state index contributed by atoms with van der Waals surface area (Å²) in [6.45, 7) is 3.01. The predicted octanol–water partition coefficient (Wildman–Crippen LogP) is 2.96. The van der Waals surface area contributed by atoms with Crippen molar-refractivity contribution in [3.05, 3.63) is 48.3 Å². The van der Waals surface area contributed by atoms with Gasteiger partial charge in [0.2, 0.25) is 0 Å². The molecule has 1 aliphatic heterocycles. The summed E-state index contributed by atoms with van der Waals surface area (Å²) in [5, 5.41) is 7.63. The summed E-state index contributed by atoms with van der Waals surface area (Å²) in [5.74, 6) is 2.34. The highest BCUT2D eigenvalue weighted by Gasteiger charge is 2.40. The van der Waals surface area contributed by atoms with Crippen LogP contribution in [0.25, 0.3) is 5.69 Å². The highest BCUT2D eigenvalue weighted by molar-refractivity contribution is 7.99. The lowest BCUT2D eigenvalue weighted by Crippen LogP contribution is -2.56. The van der Waals surface area contributed by atoms with Gasteiger partial charge < -0.3 is 5.32 Å². The monoisotopic (exact) mass is 370 g/mol. The lowest BCUT2D eigenvalue weighted by atomic mass is 9.94. The number of nitrogens with zero attached hydrogens (tertiary/aromatic N) is 3. The second kappa shape index (κ2) is 7.84. The van der Waals surface area contributed by atoms with E-state index in [9.17, 15) is 4.79 Å². The van der Waals surface area contributed by atoms with E-state index in [1.165, 1.54) is 37.2 Å². The fourth-order valence-electron chi connectivity index (χ4n) is 4.18. The Hall–Kier alpha value is -1.79. The van der Waals surface area contributed by atoms with Crippen LogP contribution in [0.4, 0.5) is 0 Å². The maximum absolute atomic E-state index is 12.7. The third kappa shape index (κ3) is 3.67. The lowest BCUT2D eigenvalue weighted by molar-refractivity contribution is 0.0813. The molecule has 0 spiro atoms. The van der Waals surface area contributed by atoms with Crippen molar-refractivity contribution in [2.45, 2.75) is 31.2 Å². The van der Waals surface area contributed by atoms with E-state index in [2.05, 4.69) is 15.3 Å². The zero-order valence-corrected chi connectivity index (χ0v) is 15.9. The van der Waals surface area contributed by atoms with E-state index in [-0.39, 0.29) is 11.4 Å². The van der Waals surface area contributed by atoms with Gasteiger partial charge >= 0.3 is 0 Å². The Kier molecular flexibility index (Phi) is 5.31. The quantitative estimate of drug-likeness (QED) is 0.879. The number of rotatable bonds is 5. The molecule has 1 amide bonds. The van der Waals surface area contributed by atoms with Crippen molar-refractivity contribution >= 4 is 17.7 Å². The van der Waals surface area contributed by atoms with Crippen LogP contribution in [0.5, 0.6) is 0 Å². The summed E-state index contributed by atoms with van der Waals surface area (Å²) in [6, 6.07) is 11.7. The first kappa shape index (κ1) is 17.6. The molecule has 1 aliphatic carbocycles. The first-order chi connectivity index (χ1) is 12.8. The van der Waals surface area contributed by atoms with E-state index in [4.69, 9.17) is 0 Å². The third-order valence-corrected chi connectivity index (χ3v) is 6.58. The van der Waals surface area contributed by atoms with Crippen LogP contribution in [0.1, 0.15) is 36.2 Å². The van der Waals surface area contributed by atoms with Crippen molar-refractivity contribution < 1.29 is 4.79 Å². The molecule has 1 aromatic carbocycles. The zero-order chi connectivity index (χ0) is 17.8. The molecule has 2 aliphatic rings. The molecule has 0 unspecified atom stereocenters. The number of carbonyl (C=O) groups excluding carboxylic acids is 1. The lowest BCUT2D eigenvalue weighted by Gasteiger charge is -2.43. The molecule has 1 saturated heterocycles. The highest BCUT2D eigenvalue weighted by Crippen LogP contribution is 2.36. The molecule has 0 atom stereocenters. The van der Waals surface area contributed by atoms with Crippen molar-refractivity contribution in [2.24, 2.45) is 0 Å². The summed E-state index contributed by atoms with van der Waals surface area (Å²) < 4.78 is 1.75. The molecule has 4 rings (SSSR count). The molecule has 2 heterocycles. The first-order valence-electron chi connectivity index (χ1n) is 9.49. The van der Waals surface area contributed by atoms with Crippen LogP contribution in [0.15, 0.2) is 42.6 Å². The Balaban J connectivity index is 1.42. The van der Waals surface area contributed by atoms with Crippen LogP contribution in [-0.2, 0) is 0 Å². The van der Waals surface area contributed by atoms with Gasteiger partial charge in [-0.1, -0.05) is 31.0 Å². The summed E-state index contributed by atoms with van der Waals surface area (Å²) >= 11 is 2.04. The average Bonchev–Trinajstić information content (AvgIpc) is 3.38. The number of nitrogens with one attached hydrogen (secondary N) is 1. The van der Waals surface area contributed by atoms with E-state index < -0.39 is 0 Å². The third-order valence-electron chi connectivity index (χ3n) is 5.64. The van der Waals surface area contributed by atoms with Gasteiger partial charge in [0.25, 0.3) is 5.91 Å². The maximum Gasteiger partial charge on any atom is 0.271 e. The van der Waals surface area contributed by atoms with Crippen LogP contribution < -0.4 is 5.32 Å². The molecule has 2 fully saturated rings. The number of aromatic nitrogens is 2. The standard InChI is InChI=1S/C20H26N4OS/c25-19(18-8-11-24(22-18)17-6-2-1-3-7-17)21-16-20(9-4-5-10-20)23-12-14-26-15-13-23/h1-3,6-8,11H,4-5,9-10,12-16H2,(H,21,25). The molecule has 0 radical (unpaired) electrons. The normalized spacial score (nSPS) is 20.2. The Morgan fingerprint density at radius 2 is 1.85 bits per heavy atom. The van der Waals surface area contributed by atoms with Gasteiger partial charge in [-0.05, 0) is 31.0 Å². The van der Waals surface area contributed by atoms with Crippen molar-refractivity contribution in [1.82, 2.24) is 20.0 Å². The molecular weight excluding hydrogens is 344 g/mol. The topological polar surface area (TPSA) is 50.2 Å². The maximum atomic E-state index is 12.7. The van der Waals surface area contributed by atoms with Crippen molar-refractivity contribution in [1.29, 1.82) is 0 Å². The fraction of sp³-hybridized carbons (Fsp3) is 0.500. The molecule has 1 saturated carbocycles. The average molecular weight is 371 g/mol. The summed E-state index contributed by atoms with van der Waals surface area (Å²) in [7, 11) is 0. The van der Waals surface area contributed by atoms with Crippen molar-refractivity contribution in [2.75, 3.05) is 31.1 Å². The summed E-state index contributed by atoms with van der Waals surface area (Å²) in [4.78, 5) is 15.3. The number of hydrogen-bond acceptors (Lipinski definition) is 4. The number of hydrogen-bond donors (Lipinski definition) is 1.